The first kappa shape index (κ1) is 5.89. The van der Waals surface area contributed by atoms with Crippen LogP contribution in [0.5, 0.6) is 0 Å². The summed E-state index contributed by atoms with van der Waals surface area (Å²) in [6, 6.07) is -0.0347. The highest BCUT2D eigenvalue weighted by Gasteiger charge is 2.40. The molecule has 3 nitrogen and oxygen atoms in total. The van der Waals surface area contributed by atoms with Gasteiger partial charge in [0.15, 0.2) is 5.78 Å². The van der Waals surface area contributed by atoms with Crippen molar-refractivity contribution in [3.63, 3.8) is 0 Å². The van der Waals surface area contributed by atoms with E-state index in [1.807, 2.05) is 0 Å². The summed E-state index contributed by atoms with van der Waals surface area (Å²) >= 11 is 0. The van der Waals surface area contributed by atoms with Crippen molar-refractivity contribution < 1.29 is 9.59 Å². The second kappa shape index (κ2) is 1.81. The van der Waals surface area contributed by atoms with Crippen molar-refractivity contribution in [2.24, 2.45) is 0 Å². The lowest BCUT2D eigenvalue weighted by molar-refractivity contribution is -0.127. The molecule has 1 atom stereocenters. The van der Waals surface area contributed by atoms with Crippen molar-refractivity contribution in [3.8, 4) is 0 Å². The van der Waals surface area contributed by atoms with Crippen LogP contribution in [0, 0.1) is 0 Å². The van der Waals surface area contributed by atoms with Crippen LogP contribution in [-0.4, -0.2) is 29.2 Å². The molecule has 2 saturated heterocycles. The van der Waals surface area contributed by atoms with E-state index in [9.17, 15) is 9.59 Å². The van der Waals surface area contributed by atoms with E-state index in [4.69, 9.17) is 0 Å². The van der Waals surface area contributed by atoms with Crippen molar-refractivity contribution in [2.75, 3.05) is 6.54 Å². The molecule has 0 saturated carbocycles. The highest BCUT2D eigenvalue weighted by Crippen LogP contribution is 2.25. The van der Waals surface area contributed by atoms with Crippen molar-refractivity contribution >= 4 is 11.7 Å². The fraction of sp³-hybridized carbons (Fsp3) is 0.714. The van der Waals surface area contributed by atoms with Crippen molar-refractivity contribution in [1.82, 2.24) is 4.90 Å². The minimum absolute atomic E-state index is 0.0347. The molecule has 0 aromatic carbocycles. The minimum atomic E-state index is -0.0347. The molecule has 10 heavy (non-hydrogen) atoms. The van der Waals surface area contributed by atoms with E-state index in [1.54, 1.807) is 4.90 Å². The molecular weight excluding hydrogens is 130 g/mol. The fourth-order valence-electron chi connectivity index (χ4n) is 1.77. The second-order valence-corrected chi connectivity index (χ2v) is 2.89. The SMILES string of the molecule is O=C1CC(=O)N2CCCC12. The molecule has 0 aromatic heterocycles. The predicted molar refractivity (Wildman–Crippen MR) is 34.4 cm³/mol. The number of fused-ring (bicyclic) bond motifs is 1. The van der Waals surface area contributed by atoms with Gasteiger partial charge in [-0.3, -0.25) is 9.59 Å². The third-order valence-electron chi connectivity index (χ3n) is 2.27. The summed E-state index contributed by atoms with van der Waals surface area (Å²) in [5.74, 6) is 0.162. The van der Waals surface area contributed by atoms with Crippen LogP contribution in [0.1, 0.15) is 19.3 Å². The summed E-state index contributed by atoms with van der Waals surface area (Å²) < 4.78 is 0. The number of hydrogen-bond donors (Lipinski definition) is 0. The molecule has 2 aliphatic rings. The number of nitrogens with zero attached hydrogens (tertiary/aromatic N) is 1. The van der Waals surface area contributed by atoms with Crippen LogP contribution < -0.4 is 0 Å². The molecule has 2 rings (SSSR count). The van der Waals surface area contributed by atoms with Gasteiger partial charge in [-0.25, -0.2) is 0 Å². The Kier molecular flexibility index (Phi) is 1.07. The first-order chi connectivity index (χ1) is 4.79. The summed E-state index contributed by atoms with van der Waals surface area (Å²) in [5.41, 5.74) is 0. The molecule has 0 aromatic rings. The summed E-state index contributed by atoms with van der Waals surface area (Å²) in [7, 11) is 0. The van der Waals surface area contributed by atoms with Crippen LogP contribution in [0.4, 0.5) is 0 Å². The molecule has 2 heterocycles. The molecule has 0 N–H and O–H groups in total. The first-order valence-corrected chi connectivity index (χ1v) is 3.61. The Morgan fingerprint density at radius 1 is 1.40 bits per heavy atom. The normalized spacial score (nSPS) is 31.6. The van der Waals surface area contributed by atoms with E-state index in [2.05, 4.69) is 0 Å². The predicted octanol–water partition coefficient (Wildman–Crippen LogP) is -0.0498. The highest BCUT2D eigenvalue weighted by atomic mass is 16.2. The van der Waals surface area contributed by atoms with E-state index in [-0.39, 0.29) is 24.2 Å². The Morgan fingerprint density at radius 2 is 2.20 bits per heavy atom. The average Bonchev–Trinajstić information content (AvgIpc) is 2.39. The third kappa shape index (κ3) is 0.602. The van der Waals surface area contributed by atoms with Gasteiger partial charge in [0.05, 0.1) is 12.5 Å². The quantitative estimate of drug-likeness (QED) is 0.441. The van der Waals surface area contributed by atoms with Gasteiger partial charge in [0.2, 0.25) is 5.91 Å². The van der Waals surface area contributed by atoms with Gasteiger partial charge in [0.25, 0.3) is 0 Å². The third-order valence-corrected chi connectivity index (χ3v) is 2.27. The Hall–Kier alpha value is -0.860. The zero-order valence-electron chi connectivity index (χ0n) is 5.67. The van der Waals surface area contributed by atoms with E-state index >= 15 is 0 Å². The number of Topliss-reactive ketones (excluding diaryl/α,β-unsaturated/α-hetero) is 1. The Labute approximate surface area is 59.0 Å². The Balaban J connectivity index is 2.27. The number of rotatable bonds is 0. The summed E-state index contributed by atoms with van der Waals surface area (Å²) in [6.45, 7) is 0.801. The van der Waals surface area contributed by atoms with Crippen molar-refractivity contribution in [3.05, 3.63) is 0 Å². The van der Waals surface area contributed by atoms with Crippen LogP contribution in [-0.2, 0) is 9.59 Å². The van der Waals surface area contributed by atoms with Gasteiger partial charge in [-0.15, -0.1) is 0 Å². The van der Waals surface area contributed by atoms with E-state index in [0.29, 0.717) is 0 Å². The molecule has 0 bridgehead atoms. The van der Waals surface area contributed by atoms with Gasteiger partial charge in [0.1, 0.15) is 0 Å². The maximum Gasteiger partial charge on any atom is 0.230 e. The highest BCUT2D eigenvalue weighted by molar-refractivity contribution is 6.07. The van der Waals surface area contributed by atoms with Gasteiger partial charge in [-0.2, -0.15) is 0 Å². The Morgan fingerprint density at radius 3 is 2.90 bits per heavy atom. The molecular formula is C7H9NO2. The number of amides is 1. The summed E-state index contributed by atoms with van der Waals surface area (Å²) in [4.78, 5) is 23.7. The molecule has 2 fully saturated rings. The van der Waals surface area contributed by atoms with Gasteiger partial charge < -0.3 is 4.90 Å². The molecule has 1 unspecified atom stereocenters. The second-order valence-electron chi connectivity index (χ2n) is 2.89. The standard InChI is InChI=1S/C7H9NO2/c9-6-4-7(10)8-3-1-2-5(6)8/h5H,1-4H2. The van der Waals surface area contributed by atoms with Crippen molar-refractivity contribution in [2.45, 2.75) is 25.3 Å². The van der Waals surface area contributed by atoms with Crippen LogP contribution in [0.3, 0.4) is 0 Å². The zero-order valence-corrected chi connectivity index (χ0v) is 5.67. The summed E-state index contributed by atoms with van der Waals surface area (Å²) in [5, 5.41) is 0. The van der Waals surface area contributed by atoms with Gasteiger partial charge >= 0.3 is 0 Å². The van der Waals surface area contributed by atoms with Gasteiger partial charge in [-0.05, 0) is 12.8 Å². The lowest BCUT2D eigenvalue weighted by Crippen LogP contribution is -2.28. The van der Waals surface area contributed by atoms with Crippen LogP contribution in [0.2, 0.25) is 0 Å². The molecule has 2 aliphatic heterocycles. The van der Waals surface area contributed by atoms with Crippen LogP contribution in [0.25, 0.3) is 0 Å². The number of carbonyl (C=O) groups is 2. The minimum Gasteiger partial charge on any atom is -0.332 e. The van der Waals surface area contributed by atoms with E-state index in [0.717, 1.165) is 19.4 Å². The largest absolute Gasteiger partial charge is 0.332 e. The molecule has 3 heteroatoms. The Bertz CT molecular complexity index is 180. The molecule has 0 aliphatic carbocycles. The number of hydrogen-bond acceptors (Lipinski definition) is 2. The van der Waals surface area contributed by atoms with E-state index < -0.39 is 0 Å². The van der Waals surface area contributed by atoms with Gasteiger partial charge in [0, 0.05) is 6.54 Å². The fourth-order valence-corrected chi connectivity index (χ4v) is 1.77. The average molecular weight is 139 g/mol. The number of ketones is 1. The lowest BCUT2D eigenvalue weighted by Gasteiger charge is -2.11. The van der Waals surface area contributed by atoms with Crippen LogP contribution in [0.15, 0.2) is 0 Å². The summed E-state index contributed by atoms with van der Waals surface area (Å²) in [6.07, 6.45) is 2.05. The van der Waals surface area contributed by atoms with E-state index in [1.165, 1.54) is 0 Å². The van der Waals surface area contributed by atoms with Gasteiger partial charge in [-0.1, -0.05) is 0 Å². The maximum absolute atomic E-state index is 11.0. The molecule has 0 spiro atoms. The van der Waals surface area contributed by atoms with Crippen molar-refractivity contribution in [1.29, 1.82) is 0 Å². The molecule has 0 radical (unpaired) electrons. The first-order valence-electron chi connectivity index (χ1n) is 3.61. The lowest BCUT2D eigenvalue weighted by atomic mass is 10.1. The van der Waals surface area contributed by atoms with Crippen LogP contribution >= 0.6 is 0 Å². The molecule has 54 valence electrons. The smallest absolute Gasteiger partial charge is 0.230 e. The molecule has 1 amide bonds. The monoisotopic (exact) mass is 139 g/mol. The zero-order chi connectivity index (χ0) is 7.14. The number of carbonyl (C=O) groups excluding carboxylic acids is 2. The topological polar surface area (TPSA) is 37.4 Å². The maximum atomic E-state index is 11.0.